The molecule has 0 unspecified atom stereocenters. The van der Waals surface area contributed by atoms with Gasteiger partial charge in [-0.2, -0.15) is 0 Å². The number of benzene rings is 2. The van der Waals surface area contributed by atoms with E-state index in [1.54, 1.807) is 13.1 Å². The van der Waals surface area contributed by atoms with Crippen LogP contribution in [-0.4, -0.2) is 10.8 Å². The Bertz CT molecular complexity index is 782. The van der Waals surface area contributed by atoms with E-state index in [9.17, 15) is 4.79 Å². The smallest absolute Gasteiger partial charge is 0.164 e. The molecule has 104 valence electrons. The van der Waals surface area contributed by atoms with Crippen molar-refractivity contribution in [2.45, 2.75) is 13.5 Å². The highest BCUT2D eigenvalue weighted by molar-refractivity contribution is 6.08. The number of nitrogens with zero attached hydrogens (tertiary/aromatic N) is 1. The van der Waals surface area contributed by atoms with E-state index in [4.69, 9.17) is 4.74 Å². The molecule has 3 nitrogen and oxygen atoms in total. The molecular formula is C18H15NO2. The van der Waals surface area contributed by atoms with Gasteiger partial charge in [0.15, 0.2) is 5.78 Å². The SMILES string of the molecule is CC(=O)c1c(OCc2ccccc2)ccc2ncccc12. The van der Waals surface area contributed by atoms with E-state index in [0.29, 0.717) is 17.9 Å². The summed E-state index contributed by atoms with van der Waals surface area (Å²) in [6.07, 6.45) is 1.72. The zero-order valence-corrected chi connectivity index (χ0v) is 11.7. The molecule has 0 amide bonds. The van der Waals surface area contributed by atoms with E-state index >= 15 is 0 Å². The molecule has 1 heterocycles. The number of rotatable bonds is 4. The molecule has 0 fully saturated rings. The number of ketones is 1. The largest absolute Gasteiger partial charge is 0.488 e. The van der Waals surface area contributed by atoms with E-state index in [2.05, 4.69) is 4.98 Å². The van der Waals surface area contributed by atoms with Gasteiger partial charge >= 0.3 is 0 Å². The van der Waals surface area contributed by atoms with Crippen molar-refractivity contribution in [1.82, 2.24) is 4.98 Å². The molecule has 3 heteroatoms. The maximum absolute atomic E-state index is 12.0. The molecule has 0 saturated carbocycles. The van der Waals surface area contributed by atoms with Crippen LogP contribution < -0.4 is 4.74 Å². The first-order chi connectivity index (χ1) is 10.3. The van der Waals surface area contributed by atoms with Crippen LogP contribution in [0.15, 0.2) is 60.8 Å². The van der Waals surface area contributed by atoms with E-state index in [-0.39, 0.29) is 5.78 Å². The number of hydrogen-bond acceptors (Lipinski definition) is 3. The van der Waals surface area contributed by atoms with Gasteiger partial charge in [0.2, 0.25) is 0 Å². The summed E-state index contributed by atoms with van der Waals surface area (Å²) in [5, 5.41) is 0.829. The van der Waals surface area contributed by atoms with Gasteiger partial charge in [-0.3, -0.25) is 9.78 Å². The second-order valence-corrected chi connectivity index (χ2v) is 4.84. The molecule has 0 saturated heterocycles. The average molecular weight is 277 g/mol. The second kappa shape index (κ2) is 5.75. The summed E-state index contributed by atoms with van der Waals surface area (Å²) in [5.41, 5.74) is 2.46. The van der Waals surface area contributed by atoms with Crippen molar-refractivity contribution in [3.8, 4) is 5.75 Å². The van der Waals surface area contributed by atoms with Crippen molar-refractivity contribution in [1.29, 1.82) is 0 Å². The van der Waals surface area contributed by atoms with Crippen molar-refractivity contribution >= 4 is 16.7 Å². The number of aromatic nitrogens is 1. The lowest BCUT2D eigenvalue weighted by molar-refractivity contribution is 0.101. The molecule has 2 aromatic carbocycles. The highest BCUT2D eigenvalue weighted by atomic mass is 16.5. The maximum atomic E-state index is 12.0. The maximum Gasteiger partial charge on any atom is 0.164 e. The predicted molar refractivity (Wildman–Crippen MR) is 82.5 cm³/mol. The molecule has 0 radical (unpaired) electrons. The third-order valence-electron chi connectivity index (χ3n) is 3.34. The molecule has 0 aliphatic heterocycles. The molecule has 0 atom stereocenters. The Kier molecular flexibility index (Phi) is 3.65. The number of carbonyl (C=O) groups is 1. The van der Waals surface area contributed by atoms with Gasteiger partial charge in [0.25, 0.3) is 0 Å². The van der Waals surface area contributed by atoms with Gasteiger partial charge < -0.3 is 4.74 Å². The van der Waals surface area contributed by atoms with Crippen molar-refractivity contribution < 1.29 is 9.53 Å². The average Bonchev–Trinajstić information content (AvgIpc) is 2.53. The minimum absolute atomic E-state index is 0.0170. The van der Waals surface area contributed by atoms with Gasteiger partial charge in [-0.15, -0.1) is 0 Å². The Hall–Kier alpha value is -2.68. The molecule has 3 aromatic rings. The fourth-order valence-electron chi connectivity index (χ4n) is 2.35. The number of carbonyl (C=O) groups excluding carboxylic acids is 1. The molecular weight excluding hydrogens is 262 g/mol. The summed E-state index contributed by atoms with van der Waals surface area (Å²) < 4.78 is 5.84. The van der Waals surface area contributed by atoms with Crippen LogP contribution in [0.2, 0.25) is 0 Å². The fourth-order valence-corrected chi connectivity index (χ4v) is 2.35. The van der Waals surface area contributed by atoms with Crippen LogP contribution >= 0.6 is 0 Å². The first-order valence-corrected chi connectivity index (χ1v) is 6.81. The normalized spacial score (nSPS) is 10.5. The minimum Gasteiger partial charge on any atom is -0.488 e. The highest BCUT2D eigenvalue weighted by Crippen LogP contribution is 2.28. The zero-order valence-electron chi connectivity index (χ0n) is 11.7. The Balaban J connectivity index is 1.98. The van der Waals surface area contributed by atoms with Crippen molar-refractivity contribution in [3.05, 3.63) is 71.9 Å². The number of hydrogen-bond donors (Lipinski definition) is 0. The van der Waals surface area contributed by atoms with Crippen molar-refractivity contribution in [2.75, 3.05) is 0 Å². The summed E-state index contributed by atoms with van der Waals surface area (Å²) in [7, 11) is 0. The summed E-state index contributed by atoms with van der Waals surface area (Å²) >= 11 is 0. The van der Waals surface area contributed by atoms with Gasteiger partial charge in [0.1, 0.15) is 12.4 Å². The van der Waals surface area contributed by atoms with Crippen LogP contribution in [-0.2, 0) is 6.61 Å². The first-order valence-electron chi connectivity index (χ1n) is 6.81. The molecule has 0 aliphatic carbocycles. The minimum atomic E-state index is -0.0170. The fraction of sp³-hybridized carbons (Fsp3) is 0.111. The third-order valence-corrected chi connectivity index (χ3v) is 3.34. The Labute approximate surface area is 123 Å². The number of pyridine rings is 1. The monoisotopic (exact) mass is 277 g/mol. The van der Waals surface area contributed by atoms with Crippen LogP contribution in [0.4, 0.5) is 0 Å². The molecule has 0 aliphatic rings. The standard InChI is InChI=1S/C18H15NO2/c1-13(20)18-15-8-5-11-19-16(15)9-10-17(18)21-12-14-6-3-2-4-7-14/h2-11H,12H2,1H3. The highest BCUT2D eigenvalue weighted by Gasteiger charge is 2.13. The summed E-state index contributed by atoms with van der Waals surface area (Å²) in [6.45, 7) is 1.99. The van der Waals surface area contributed by atoms with Crippen LogP contribution in [0.3, 0.4) is 0 Å². The Morgan fingerprint density at radius 1 is 1.05 bits per heavy atom. The number of Topliss-reactive ketones (excluding diaryl/α,β-unsaturated/α-hetero) is 1. The lowest BCUT2D eigenvalue weighted by atomic mass is 10.0. The van der Waals surface area contributed by atoms with Crippen molar-refractivity contribution in [2.24, 2.45) is 0 Å². The van der Waals surface area contributed by atoms with E-state index in [1.165, 1.54) is 0 Å². The third kappa shape index (κ3) is 2.77. The van der Waals surface area contributed by atoms with Gasteiger partial charge in [-0.1, -0.05) is 36.4 Å². The summed E-state index contributed by atoms with van der Waals surface area (Å²) in [6, 6.07) is 17.3. The molecule has 1 aromatic heterocycles. The van der Waals surface area contributed by atoms with Crippen LogP contribution in [0, 0.1) is 0 Å². The molecule has 0 bridgehead atoms. The first kappa shape index (κ1) is 13.3. The predicted octanol–water partition coefficient (Wildman–Crippen LogP) is 4.02. The van der Waals surface area contributed by atoms with E-state index in [1.807, 2.05) is 54.6 Å². The van der Waals surface area contributed by atoms with Crippen LogP contribution in [0.1, 0.15) is 22.8 Å². The Morgan fingerprint density at radius 2 is 1.86 bits per heavy atom. The summed E-state index contributed by atoms with van der Waals surface area (Å²) in [4.78, 5) is 16.3. The van der Waals surface area contributed by atoms with Crippen molar-refractivity contribution in [3.63, 3.8) is 0 Å². The summed E-state index contributed by atoms with van der Waals surface area (Å²) in [5.74, 6) is 0.587. The van der Waals surface area contributed by atoms with Gasteiger partial charge in [-0.25, -0.2) is 0 Å². The lowest BCUT2D eigenvalue weighted by Gasteiger charge is -2.12. The van der Waals surface area contributed by atoms with Crippen LogP contribution in [0.5, 0.6) is 5.75 Å². The topological polar surface area (TPSA) is 39.2 Å². The Morgan fingerprint density at radius 3 is 2.62 bits per heavy atom. The van der Waals surface area contributed by atoms with Gasteiger partial charge in [-0.05, 0) is 30.7 Å². The molecule has 0 spiro atoms. The van der Waals surface area contributed by atoms with E-state index < -0.39 is 0 Å². The number of fused-ring (bicyclic) bond motifs is 1. The molecule has 0 N–H and O–H groups in total. The molecule has 21 heavy (non-hydrogen) atoms. The van der Waals surface area contributed by atoms with E-state index in [0.717, 1.165) is 16.5 Å². The zero-order chi connectivity index (χ0) is 14.7. The lowest BCUT2D eigenvalue weighted by Crippen LogP contribution is -2.03. The van der Waals surface area contributed by atoms with Gasteiger partial charge in [0.05, 0.1) is 11.1 Å². The number of ether oxygens (including phenoxy) is 1. The molecule has 3 rings (SSSR count). The second-order valence-electron chi connectivity index (χ2n) is 4.84. The quantitative estimate of drug-likeness (QED) is 0.676. The van der Waals surface area contributed by atoms with Crippen LogP contribution in [0.25, 0.3) is 10.9 Å². The van der Waals surface area contributed by atoms with Gasteiger partial charge in [0, 0.05) is 11.6 Å².